The normalized spacial score (nSPS) is 10.2. The summed E-state index contributed by atoms with van der Waals surface area (Å²) in [6, 6.07) is 8.85. The van der Waals surface area contributed by atoms with E-state index < -0.39 is 23.3 Å². The van der Waals surface area contributed by atoms with E-state index >= 15 is 0 Å². The van der Waals surface area contributed by atoms with Crippen molar-refractivity contribution in [1.29, 1.82) is 0 Å². The van der Waals surface area contributed by atoms with Gasteiger partial charge in [0.1, 0.15) is 11.6 Å². The van der Waals surface area contributed by atoms with Crippen LogP contribution in [0.25, 0.3) is 0 Å². The van der Waals surface area contributed by atoms with Crippen molar-refractivity contribution in [3.63, 3.8) is 0 Å². The molecule has 2 aromatic carbocycles. The predicted molar refractivity (Wildman–Crippen MR) is 70.5 cm³/mol. The zero-order chi connectivity index (χ0) is 14.7. The fourth-order valence-electron chi connectivity index (χ4n) is 1.67. The fraction of sp³-hybridized carbons (Fsp3) is 0.0667. The quantitative estimate of drug-likeness (QED) is 0.691. The van der Waals surface area contributed by atoms with Gasteiger partial charge in [-0.1, -0.05) is 6.07 Å². The fourth-order valence-corrected chi connectivity index (χ4v) is 1.67. The van der Waals surface area contributed by atoms with E-state index in [0.717, 1.165) is 12.1 Å². The van der Waals surface area contributed by atoms with E-state index in [1.807, 2.05) is 0 Å². The van der Waals surface area contributed by atoms with Crippen LogP contribution in [0, 0.1) is 18.6 Å². The molecule has 0 aliphatic rings. The van der Waals surface area contributed by atoms with Crippen molar-refractivity contribution in [2.75, 3.05) is 5.32 Å². The van der Waals surface area contributed by atoms with Crippen LogP contribution in [0.3, 0.4) is 0 Å². The summed E-state index contributed by atoms with van der Waals surface area (Å²) < 4.78 is 26.1. The minimum absolute atomic E-state index is 0.0813. The Bertz CT molecular complexity index is 683. The van der Waals surface area contributed by atoms with Crippen molar-refractivity contribution in [3.05, 3.63) is 65.2 Å². The van der Waals surface area contributed by atoms with Crippen molar-refractivity contribution in [1.82, 2.24) is 0 Å². The molecule has 102 valence electrons. The molecule has 0 unspecified atom stereocenters. The topological polar surface area (TPSA) is 46.2 Å². The lowest BCUT2D eigenvalue weighted by Crippen LogP contribution is -2.23. The molecule has 2 rings (SSSR count). The molecule has 0 aliphatic heterocycles. The Morgan fingerprint density at radius 2 is 1.80 bits per heavy atom. The Balaban J connectivity index is 2.16. The van der Waals surface area contributed by atoms with Gasteiger partial charge in [0.15, 0.2) is 0 Å². The molecule has 0 aromatic heterocycles. The first-order valence-corrected chi connectivity index (χ1v) is 5.85. The molecule has 0 saturated carbocycles. The van der Waals surface area contributed by atoms with E-state index in [0.29, 0.717) is 0 Å². The molecule has 0 spiro atoms. The summed E-state index contributed by atoms with van der Waals surface area (Å²) in [6.07, 6.45) is 0. The maximum atomic E-state index is 13.1. The van der Waals surface area contributed by atoms with Crippen LogP contribution in [0.4, 0.5) is 14.5 Å². The molecule has 0 heterocycles. The molecule has 0 fully saturated rings. The highest BCUT2D eigenvalue weighted by Crippen LogP contribution is 2.12. The van der Waals surface area contributed by atoms with Crippen molar-refractivity contribution in [3.8, 4) is 0 Å². The molecule has 0 radical (unpaired) electrons. The molecule has 2 aromatic rings. The van der Waals surface area contributed by atoms with Crippen molar-refractivity contribution >= 4 is 17.4 Å². The molecule has 20 heavy (non-hydrogen) atoms. The van der Waals surface area contributed by atoms with E-state index in [1.54, 1.807) is 0 Å². The van der Waals surface area contributed by atoms with E-state index in [4.69, 9.17) is 0 Å². The molecule has 1 N–H and O–H groups in total. The highest BCUT2D eigenvalue weighted by atomic mass is 19.1. The predicted octanol–water partition coefficient (Wildman–Crippen LogP) is 3.09. The molecule has 0 aliphatic carbocycles. The molecule has 0 atom stereocenters. The standard InChI is InChI=1S/C15H11F2NO2/c1-9-7-10(5-6-13(9)17)14(19)15(20)18-12-4-2-3-11(16)8-12/h2-8H,1H3,(H,18,20). The van der Waals surface area contributed by atoms with Crippen LogP contribution in [0.5, 0.6) is 0 Å². The molecule has 3 nitrogen and oxygen atoms in total. The number of hydrogen-bond acceptors (Lipinski definition) is 2. The number of Topliss-reactive ketones (excluding diaryl/α,β-unsaturated/α-hetero) is 1. The van der Waals surface area contributed by atoms with Gasteiger partial charge in [0.2, 0.25) is 0 Å². The van der Waals surface area contributed by atoms with Crippen LogP contribution < -0.4 is 5.32 Å². The number of halogens is 2. The van der Waals surface area contributed by atoms with E-state index in [2.05, 4.69) is 5.32 Å². The number of ketones is 1. The van der Waals surface area contributed by atoms with Gasteiger partial charge >= 0.3 is 0 Å². The first kappa shape index (κ1) is 13.9. The van der Waals surface area contributed by atoms with Gasteiger partial charge in [-0.2, -0.15) is 0 Å². The Labute approximate surface area is 114 Å². The summed E-state index contributed by atoms with van der Waals surface area (Å²) in [5.74, 6) is -2.68. The Morgan fingerprint density at radius 3 is 2.45 bits per heavy atom. The molecule has 1 amide bonds. The van der Waals surface area contributed by atoms with Crippen molar-refractivity contribution < 1.29 is 18.4 Å². The Hall–Kier alpha value is -2.56. The van der Waals surface area contributed by atoms with Crippen LogP contribution in [-0.4, -0.2) is 11.7 Å². The monoisotopic (exact) mass is 275 g/mol. The minimum atomic E-state index is -0.901. The van der Waals surface area contributed by atoms with Crippen molar-refractivity contribution in [2.45, 2.75) is 6.92 Å². The molecular formula is C15H11F2NO2. The van der Waals surface area contributed by atoms with Gasteiger partial charge < -0.3 is 5.32 Å². The average Bonchev–Trinajstić information content (AvgIpc) is 2.41. The van der Waals surface area contributed by atoms with Crippen LogP contribution in [0.15, 0.2) is 42.5 Å². The van der Waals surface area contributed by atoms with E-state index in [1.165, 1.54) is 37.3 Å². The van der Waals surface area contributed by atoms with Crippen LogP contribution in [0.1, 0.15) is 15.9 Å². The van der Waals surface area contributed by atoms with Gasteiger partial charge in [-0.3, -0.25) is 9.59 Å². The second-order valence-corrected chi connectivity index (χ2v) is 4.26. The minimum Gasteiger partial charge on any atom is -0.319 e. The number of anilines is 1. The second kappa shape index (κ2) is 5.61. The summed E-state index contributed by atoms with van der Waals surface area (Å²) in [4.78, 5) is 23.6. The first-order valence-electron chi connectivity index (χ1n) is 5.85. The third-order valence-electron chi connectivity index (χ3n) is 2.71. The summed E-state index contributed by atoms with van der Waals surface area (Å²) >= 11 is 0. The highest BCUT2D eigenvalue weighted by Gasteiger charge is 2.17. The third kappa shape index (κ3) is 3.06. The number of aryl methyl sites for hydroxylation is 1. The number of benzene rings is 2. The SMILES string of the molecule is Cc1cc(C(=O)C(=O)Nc2cccc(F)c2)ccc1F. The molecule has 0 saturated heterocycles. The lowest BCUT2D eigenvalue weighted by Gasteiger charge is -2.05. The Kier molecular flexibility index (Phi) is 3.89. The van der Waals surface area contributed by atoms with Gasteiger partial charge in [-0.05, 0) is 48.9 Å². The molecule has 0 bridgehead atoms. The van der Waals surface area contributed by atoms with Gasteiger partial charge in [0.05, 0.1) is 0 Å². The van der Waals surface area contributed by atoms with Crippen LogP contribution in [-0.2, 0) is 4.79 Å². The maximum absolute atomic E-state index is 13.1. The number of amides is 1. The van der Waals surface area contributed by atoms with Gasteiger partial charge in [0, 0.05) is 11.3 Å². The zero-order valence-corrected chi connectivity index (χ0v) is 10.6. The lowest BCUT2D eigenvalue weighted by molar-refractivity contribution is -0.112. The third-order valence-corrected chi connectivity index (χ3v) is 2.71. The molecule has 5 heteroatoms. The molecular weight excluding hydrogens is 264 g/mol. The summed E-state index contributed by atoms with van der Waals surface area (Å²) in [7, 11) is 0. The number of hydrogen-bond donors (Lipinski definition) is 1. The van der Waals surface area contributed by atoms with E-state index in [9.17, 15) is 18.4 Å². The summed E-state index contributed by atoms with van der Waals surface area (Å²) in [5, 5.41) is 2.29. The average molecular weight is 275 g/mol. The Morgan fingerprint density at radius 1 is 1.05 bits per heavy atom. The van der Waals surface area contributed by atoms with Crippen molar-refractivity contribution in [2.24, 2.45) is 0 Å². The largest absolute Gasteiger partial charge is 0.319 e. The number of nitrogens with one attached hydrogen (secondary N) is 1. The maximum Gasteiger partial charge on any atom is 0.296 e. The zero-order valence-electron chi connectivity index (χ0n) is 10.6. The van der Waals surface area contributed by atoms with Gasteiger partial charge in [-0.15, -0.1) is 0 Å². The van der Waals surface area contributed by atoms with Gasteiger partial charge in [-0.25, -0.2) is 8.78 Å². The van der Waals surface area contributed by atoms with Crippen LogP contribution >= 0.6 is 0 Å². The van der Waals surface area contributed by atoms with Gasteiger partial charge in [0.25, 0.3) is 11.7 Å². The number of carbonyl (C=O) groups is 2. The van der Waals surface area contributed by atoms with Crippen LogP contribution in [0.2, 0.25) is 0 Å². The number of carbonyl (C=O) groups excluding carboxylic acids is 2. The highest BCUT2D eigenvalue weighted by molar-refractivity contribution is 6.46. The first-order chi connectivity index (χ1) is 9.47. The lowest BCUT2D eigenvalue weighted by atomic mass is 10.1. The summed E-state index contributed by atoms with van der Waals surface area (Å²) in [6.45, 7) is 1.50. The summed E-state index contributed by atoms with van der Waals surface area (Å²) in [5.41, 5.74) is 0.536. The smallest absolute Gasteiger partial charge is 0.296 e. The second-order valence-electron chi connectivity index (χ2n) is 4.26. The number of rotatable bonds is 3. The van der Waals surface area contributed by atoms with E-state index in [-0.39, 0.29) is 16.8 Å².